The maximum Gasteiger partial charge on any atom is 0.0719 e. The topological polar surface area (TPSA) is 3.24 Å². The third-order valence-corrected chi connectivity index (χ3v) is 12.5. The van der Waals surface area contributed by atoms with Gasteiger partial charge in [0.15, 0.2) is 0 Å². The summed E-state index contributed by atoms with van der Waals surface area (Å²) >= 11 is 0. The van der Waals surface area contributed by atoms with Gasteiger partial charge in [0, 0.05) is 22.5 Å². The predicted octanol–water partition coefficient (Wildman–Crippen LogP) is 14.1. The molecule has 1 heteroatoms. The summed E-state index contributed by atoms with van der Waals surface area (Å²) in [7, 11) is 0. The molecule has 260 valence electrons. The van der Waals surface area contributed by atoms with E-state index < -0.39 is 0 Å². The quantitative estimate of drug-likeness (QED) is 0.177. The zero-order chi connectivity index (χ0) is 36.7. The fourth-order valence-corrected chi connectivity index (χ4v) is 9.93. The number of fused-ring (bicyclic) bond motifs is 11. The van der Waals surface area contributed by atoms with Gasteiger partial charge in [0.2, 0.25) is 0 Å². The van der Waals surface area contributed by atoms with Crippen molar-refractivity contribution in [1.82, 2.24) is 0 Å². The Labute approximate surface area is 322 Å². The van der Waals surface area contributed by atoms with Crippen molar-refractivity contribution in [2.75, 3.05) is 4.90 Å². The van der Waals surface area contributed by atoms with E-state index in [1.165, 1.54) is 77.2 Å². The van der Waals surface area contributed by atoms with Gasteiger partial charge in [0.25, 0.3) is 0 Å². The Morgan fingerprint density at radius 3 is 1.33 bits per heavy atom. The molecule has 0 unspecified atom stereocenters. The van der Waals surface area contributed by atoms with E-state index in [4.69, 9.17) is 0 Å². The average Bonchev–Trinajstić information content (AvgIpc) is 3.53. The molecule has 0 radical (unpaired) electrons. The molecule has 1 spiro atoms. The van der Waals surface area contributed by atoms with E-state index >= 15 is 0 Å². The van der Waals surface area contributed by atoms with Gasteiger partial charge in [0.1, 0.15) is 0 Å². The molecule has 11 rings (SSSR count). The van der Waals surface area contributed by atoms with Crippen LogP contribution in [0.2, 0.25) is 0 Å². The molecule has 0 heterocycles. The van der Waals surface area contributed by atoms with E-state index in [0.29, 0.717) is 0 Å². The largest absolute Gasteiger partial charge is 0.310 e. The standard InChI is InChI=1S/C54H39N/c1-53(2)49-19-9-11-21-51(49)54(52-22-12-10-20-50(52)53)47-18-8-7-17-45(47)46-35-41(27-32-48(46)54)38-23-28-42(29-24-38)55(43-30-25-36-13-3-5-15-39(36)33-43)44-31-26-37-14-4-6-16-40(37)34-44/h3-35H,1-2H3. The van der Waals surface area contributed by atoms with Crippen LogP contribution in [0.5, 0.6) is 0 Å². The monoisotopic (exact) mass is 701 g/mol. The number of nitrogens with zero attached hydrogens (tertiary/aromatic N) is 1. The highest BCUT2D eigenvalue weighted by Gasteiger charge is 2.53. The molecule has 0 amide bonds. The van der Waals surface area contributed by atoms with Crippen molar-refractivity contribution in [1.29, 1.82) is 0 Å². The van der Waals surface area contributed by atoms with Gasteiger partial charge >= 0.3 is 0 Å². The van der Waals surface area contributed by atoms with Crippen molar-refractivity contribution in [3.8, 4) is 22.3 Å². The predicted molar refractivity (Wildman–Crippen MR) is 231 cm³/mol. The summed E-state index contributed by atoms with van der Waals surface area (Å²) in [5, 5.41) is 4.93. The molecule has 0 aromatic heterocycles. The fraction of sp³-hybridized carbons (Fsp3) is 0.0741. The van der Waals surface area contributed by atoms with Gasteiger partial charge in [-0.15, -0.1) is 0 Å². The van der Waals surface area contributed by atoms with Crippen molar-refractivity contribution in [3.05, 3.63) is 234 Å². The van der Waals surface area contributed by atoms with Gasteiger partial charge in [-0.1, -0.05) is 172 Å². The molecule has 0 fully saturated rings. The maximum absolute atomic E-state index is 2.44. The van der Waals surface area contributed by atoms with Crippen LogP contribution in [0, 0.1) is 0 Å². The molecule has 0 atom stereocenters. The Bertz CT molecular complexity index is 2840. The minimum absolute atomic E-state index is 0.106. The first kappa shape index (κ1) is 31.8. The lowest BCUT2D eigenvalue weighted by Gasteiger charge is -2.46. The lowest BCUT2D eigenvalue weighted by atomic mass is 9.55. The second kappa shape index (κ2) is 11.9. The number of hydrogen-bond acceptors (Lipinski definition) is 1. The molecule has 0 saturated heterocycles. The Morgan fingerprint density at radius 2 is 0.745 bits per heavy atom. The normalized spacial score (nSPS) is 14.3. The first-order valence-electron chi connectivity index (χ1n) is 19.3. The second-order valence-corrected chi connectivity index (χ2v) is 15.7. The van der Waals surface area contributed by atoms with Crippen LogP contribution in [-0.4, -0.2) is 0 Å². The molecule has 9 aromatic carbocycles. The lowest BCUT2D eigenvalue weighted by molar-refractivity contribution is 0.563. The summed E-state index contributed by atoms with van der Waals surface area (Å²) in [5.41, 5.74) is 16.3. The average molecular weight is 702 g/mol. The Balaban J connectivity index is 1.05. The number of rotatable bonds is 4. The maximum atomic E-state index is 2.44. The van der Waals surface area contributed by atoms with Crippen LogP contribution in [-0.2, 0) is 10.8 Å². The van der Waals surface area contributed by atoms with Crippen molar-refractivity contribution >= 4 is 38.6 Å². The molecule has 2 aliphatic carbocycles. The smallest absolute Gasteiger partial charge is 0.0719 e. The highest BCUT2D eigenvalue weighted by molar-refractivity contribution is 5.94. The van der Waals surface area contributed by atoms with Crippen LogP contribution in [0.15, 0.2) is 200 Å². The molecule has 0 N–H and O–H groups in total. The van der Waals surface area contributed by atoms with Crippen LogP contribution in [0.4, 0.5) is 17.1 Å². The minimum Gasteiger partial charge on any atom is -0.310 e. The first-order valence-corrected chi connectivity index (χ1v) is 19.3. The third kappa shape index (κ3) is 4.60. The van der Waals surface area contributed by atoms with E-state index in [1.54, 1.807) is 0 Å². The Morgan fingerprint density at radius 1 is 0.309 bits per heavy atom. The van der Waals surface area contributed by atoms with Crippen LogP contribution >= 0.6 is 0 Å². The molecule has 0 saturated carbocycles. The molecule has 55 heavy (non-hydrogen) atoms. The van der Waals surface area contributed by atoms with Gasteiger partial charge in [0.05, 0.1) is 5.41 Å². The summed E-state index contributed by atoms with van der Waals surface area (Å²) in [6.07, 6.45) is 0. The van der Waals surface area contributed by atoms with Gasteiger partial charge in [-0.3, -0.25) is 0 Å². The first-order chi connectivity index (χ1) is 27.0. The van der Waals surface area contributed by atoms with Crippen molar-refractivity contribution in [2.45, 2.75) is 24.7 Å². The summed E-state index contributed by atoms with van der Waals surface area (Å²) < 4.78 is 0. The summed E-state index contributed by atoms with van der Waals surface area (Å²) in [5.74, 6) is 0. The second-order valence-electron chi connectivity index (χ2n) is 15.7. The minimum atomic E-state index is -0.378. The number of anilines is 3. The molecular weight excluding hydrogens is 663 g/mol. The van der Waals surface area contributed by atoms with E-state index in [2.05, 4.69) is 219 Å². The van der Waals surface area contributed by atoms with E-state index in [9.17, 15) is 0 Å². The van der Waals surface area contributed by atoms with Crippen LogP contribution in [0.3, 0.4) is 0 Å². The van der Waals surface area contributed by atoms with Crippen LogP contribution < -0.4 is 4.90 Å². The zero-order valence-corrected chi connectivity index (χ0v) is 31.0. The van der Waals surface area contributed by atoms with Crippen molar-refractivity contribution < 1.29 is 0 Å². The third-order valence-electron chi connectivity index (χ3n) is 12.5. The number of benzene rings is 9. The van der Waals surface area contributed by atoms with Gasteiger partial charge in [-0.2, -0.15) is 0 Å². The van der Waals surface area contributed by atoms with Crippen molar-refractivity contribution in [2.24, 2.45) is 0 Å². The Hall–Kier alpha value is -6.70. The van der Waals surface area contributed by atoms with Crippen molar-refractivity contribution in [3.63, 3.8) is 0 Å². The highest BCUT2D eigenvalue weighted by Crippen LogP contribution is 2.62. The summed E-state index contributed by atoms with van der Waals surface area (Å²) in [6, 6.07) is 74.5. The summed E-state index contributed by atoms with van der Waals surface area (Å²) in [4.78, 5) is 2.38. The Kier molecular flexibility index (Phi) is 6.88. The van der Waals surface area contributed by atoms with Gasteiger partial charge in [-0.05, 0) is 120 Å². The molecular formula is C54H39N. The highest BCUT2D eigenvalue weighted by atomic mass is 15.1. The lowest BCUT2D eigenvalue weighted by Crippen LogP contribution is -2.40. The number of hydrogen-bond donors (Lipinski definition) is 0. The van der Waals surface area contributed by atoms with Crippen LogP contribution in [0.1, 0.15) is 47.2 Å². The zero-order valence-electron chi connectivity index (χ0n) is 31.0. The van der Waals surface area contributed by atoms with Gasteiger partial charge < -0.3 is 4.90 Å². The molecule has 2 aliphatic rings. The SMILES string of the molecule is CC1(C)c2ccccc2C2(c3ccccc3-c3cc(-c4ccc(N(c5ccc6ccccc6c5)c5ccc6ccccc6c5)cc4)ccc32)c2ccccc21. The van der Waals surface area contributed by atoms with E-state index in [0.717, 1.165) is 17.1 Å². The van der Waals surface area contributed by atoms with E-state index in [1.807, 2.05) is 0 Å². The molecule has 9 aromatic rings. The van der Waals surface area contributed by atoms with Crippen LogP contribution in [0.25, 0.3) is 43.8 Å². The van der Waals surface area contributed by atoms with E-state index in [-0.39, 0.29) is 10.8 Å². The molecule has 1 nitrogen and oxygen atoms in total. The van der Waals surface area contributed by atoms with Gasteiger partial charge in [-0.25, -0.2) is 0 Å². The molecule has 0 aliphatic heterocycles. The fourth-order valence-electron chi connectivity index (χ4n) is 9.93. The molecule has 0 bridgehead atoms. The summed E-state index contributed by atoms with van der Waals surface area (Å²) in [6.45, 7) is 4.76.